The first-order valence-electron chi connectivity index (χ1n) is 4.42. The normalized spacial score (nSPS) is 10.7. The van der Waals surface area contributed by atoms with Gasteiger partial charge in [-0.25, -0.2) is 9.78 Å². The summed E-state index contributed by atoms with van der Waals surface area (Å²) in [5.74, 6) is 0.500. The molecule has 0 aliphatic rings. The summed E-state index contributed by atoms with van der Waals surface area (Å²) in [6.07, 6.45) is 3.80. The lowest BCUT2D eigenvalue weighted by atomic mass is 10.3. The molecule has 0 aromatic carbocycles. The average molecular weight is 222 g/mol. The fraction of sp³-hybridized carbons (Fsp3) is 0.200. The molecule has 0 atom stereocenters. The minimum absolute atomic E-state index is 0.125. The van der Waals surface area contributed by atoms with E-state index in [9.17, 15) is 4.79 Å². The van der Waals surface area contributed by atoms with E-state index in [1.807, 2.05) is 29.0 Å². The number of thioether (sulfide) groups is 1. The molecule has 2 aromatic rings. The number of aromatic nitrogens is 2. The second-order valence-corrected chi connectivity index (χ2v) is 3.94. The summed E-state index contributed by atoms with van der Waals surface area (Å²) in [4.78, 5) is 15.1. The highest BCUT2D eigenvalue weighted by atomic mass is 32.2. The SMILES string of the molecule is CSCc1nc(C(=O)O)c2ccccn12. The van der Waals surface area contributed by atoms with Crippen LogP contribution in [0.3, 0.4) is 0 Å². The van der Waals surface area contributed by atoms with Crippen molar-refractivity contribution in [3.05, 3.63) is 35.9 Å². The first-order chi connectivity index (χ1) is 7.24. The third kappa shape index (κ3) is 1.70. The van der Waals surface area contributed by atoms with Crippen LogP contribution in [-0.2, 0) is 5.75 Å². The molecule has 2 heterocycles. The summed E-state index contributed by atoms with van der Waals surface area (Å²) >= 11 is 1.62. The molecule has 4 nitrogen and oxygen atoms in total. The molecule has 0 fully saturated rings. The van der Waals surface area contributed by atoms with Crippen LogP contribution in [-0.4, -0.2) is 26.7 Å². The number of rotatable bonds is 3. The molecule has 5 heteroatoms. The fourth-order valence-electron chi connectivity index (χ4n) is 1.49. The molecule has 0 unspecified atom stereocenters. The lowest BCUT2D eigenvalue weighted by molar-refractivity contribution is 0.0693. The van der Waals surface area contributed by atoms with Gasteiger partial charge in [0.25, 0.3) is 0 Å². The molecule has 2 rings (SSSR count). The number of imidazole rings is 1. The summed E-state index contributed by atoms with van der Waals surface area (Å²) in [5.41, 5.74) is 0.772. The highest BCUT2D eigenvalue weighted by molar-refractivity contribution is 7.97. The van der Waals surface area contributed by atoms with Crippen molar-refractivity contribution < 1.29 is 9.90 Å². The molecular weight excluding hydrogens is 212 g/mol. The topological polar surface area (TPSA) is 54.6 Å². The zero-order valence-corrected chi connectivity index (χ0v) is 8.99. The molecular formula is C10H10N2O2S. The molecule has 0 bridgehead atoms. The standard InChI is InChI=1S/C10H10N2O2S/c1-15-6-8-11-9(10(13)14)7-4-2-3-5-12(7)8/h2-5H,6H2,1H3,(H,13,14). The lowest BCUT2D eigenvalue weighted by Crippen LogP contribution is -1.97. The van der Waals surface area contributed by atoms with Crippen LogP contribution in [0.2, 0.25) is 0 Å². The van der Waals surface area contributed by atoms with E-state index in [-0.39, 0.29) is 5.69 Å². The van der Waals surface area contributed by atoms with Gasteiger partial charge in [-0.15, -0.1) is 0 Å². The second kappa shape index (κ2) is 3.94. The van der Waals surface area contributed by atoms with Crippen LogP contribution in [0.5, 0.6) is 0 Å². The van der Waals surface area contributed by atoms with Crippen LogP contribution in [0, 0.1) is 0 Å². The number of fused-ring (bicyclic) bond motifs is 1. The zero-order chi connectivity index (χ0) is 10.8. The van der Waals surface area contributed by atoms with Crippen LogP contribution >= 0.6 is 11.8 Å². The van der Waals surface area contributed by atoms with Crippen LogP contribution in [0.25, 0.3) is 5.52 Å². The van der Waals surface area contributed by atoms with Crippen molar-refractivity contribution in [2.24, 2.45) is 0 Å². The van der Waals surface area contributed by atoms with E-state index in [1.165, 1.54) is 0 Å². The van der Waals surface area contributed by atoms with Gasteiger partial charge in [-0.2, -0.15) is 11.8 Å². The van der Waals surface area contributed by atoms with Crippen molar-refractivity contribution in [3.63, 3.8) is 0 Å². The Kier molecular flexibility index (Phi) is 2.64. The minimum atomic E-state index is -0.981. The van der Waals surface area contributed by atoms with E-state index in [2.05, 4.69) is 4.98 Å². The summed E-state index contributed by atoms with van der Waals surface area (Å²) in [6.45, 7) is 0. The first kappa shape index (κ1) is 10.0. The summed E-state index contributed by atoms with van der Waals surface area (Å²) in [5, 5.41) is 8.98. The van der Waals surface area contributed by atoms with Crippen LogP contribution in [0.1, 0.15) is 16.3 Å². The maximum absolute atomic E-state index is 10.9. The Morgan fingerprint density at radius 2 is 2.40 bits per heavy atom. The first-order valence-corrected chi connectivity index (χ1v) is 5.81. The Hall–Kier alpha value is -1.49. The number of aromatic carboxylic acids is 1. The van der Waals surface area contributed by atoms with E-state index in [0.29, 0.717) is 11.3 Å². The number of pyridine rings is 1. The van der Waals surface area contributed by atoms with Crippen molar-refractivity contribution >= 4 is 23.2 Å². The van der Waals surface area contributed by atoms with E-state index < -0.39 is 5.97 Å². The van der Waals surface area contributed by atoms with E-state index in [1.54, 1.807) is 17.8 Å². The third-order valence-electron chi connectivity index (χ3n) is 2.10. The predicted molar refractivity (Wildman–Crippen MR) is 59.4 cm³/mol. The van der Waals surface area contributed by atoms with Crippen molar-refractivity contribution in [1.82, 2.24) is 9.38 Å². The van der Waals surface area contributed by atoms with Crippen molar-refractivity contribution in [2.45, 2.75) is 5.75 Å². The van der Waals surface area contributed by atoms with Crippen molar-refractivity contribution in [2.75, 3.05) is 6.26 Å². The van der Waals surface area contributed by atoms with Gasteiger partial charge in [0.1, 0.15) is 5.82 Å². The smallest absolute Gasteiger partial charge is 0.356 e. The van der Waals surface area contributed by atoms with Crippen LogP contribution in [0.4, 0.5) is 0 Å². The number of carboxylic acids is 1. The number of hydrogen-bond acceptors (Lipinski definition) is 3. The summed E-state index contributed by atoms with van der Waals surface area (Å²) in [6, 6.07) is 5.44. The fourth-order valence-corrected chi connectivity index (χ4v) is 1.95. The van der Waals surface area contributed by atoms with E-state index >= 15 is 0 Å². The molecule has 0 radical (unpaired) electrons. The quantitative estimate of drug-likeness (QED) is 0.861. The second-order valence-electron chi connectivity index (χ2n) is 3.07. The Morgan fingerprint density at radius 1 is 1.60 bits per heavy atom. The van der Waals surface area contributed by atoms with Gasteiger partial charge in [0, 0.05) is 6.20 Å². The van der Waals surface area contributed by atoms with Crippen molar-refractivity contribution in [3.8, 4) is 0 Å². The Morgan fingerprint density at radius 3 is 3.07 bits per heavy atom. The molecule has 0 saturated carbocycles. The van der Waals surface area contributed by atoms with Gasteiger partial charge in [-0.1, -0.05) is 6.07 Å². The van der Waals surface area contributed by atoms with Crippen LogP contribution in [0.15, 0.2) is 24.4 Å². The highest BCUT2D eigenvalue weighted by Gasteiger charge is 2.15. The van der Waals surface area contributed by atoms with Gasteiger partial charge in [0.2, 0.25) is 0 Å². The van der Waals surface area contributed by atoms with Gasteiger partial charge in [0.05, 0.1) is 11.3 Å². The van der Waals surface area contributed by atoms with Gasteiger partial charge >= 0.3 is 5.97 Å². The summed E-state index contributed by atoms with van der Waals surface area (Å²) < 4.78 is 1.82. The number of carboxylic acid groups (broad SMARTS) is 1. The molecule has 0 saturated heterocycles. The molecule has 1 N–H and O–H groups in total. The van der Waals surface area contributed by atoms with E-state index in [4.69, 9.17) is 5.11 Å². The van der Waals surface area contributed by atoms with Gasteiger partial charge in [0.15, 0.2) is 5.69 Å². The third-order valence-corrected chi connectivity index (χ3v) is 2.64. The minimum Gasteiger partial charge on any atom is -0.476 e. The molecule has 15 heavy (non-hydrogen) atoms. The van der Waals surface area contributed by atoms with Crippen LogP contribution < -0.4 is 0 Å². The van der Waals surface area contributed by atoms with Gasteiger partial charge in [-0.05, 0) is 18.4 Å². The zero-order valence-electron chi connectivity index (χ0n) is 8.17. The monoisotopic (exact) mass is 222 g/mol. The molecule has 2 aromatic heterocycles. The van der Waals surface area contributed by atoms with E-state index in [0.717, 1.165) is 5.82 Å². The maximum Gasteiger partial charge on any atom is 0.356 e. The molecule has 0 aliphatic carbocycles. The Labute approximate surface area is 90.9 Å². The van der Waals surface area contributed by atoms with Crippen molar-refractivity contribution in [1.29, 1.82) is 0 Å². The largest absolute Gasteiger partial charge is 0.476 e. The van der Waals surface area contributed by atoms with Gasteiger partial charge in [-0.3, -0.25) is 0 Å². The molecule has 0 amide bonds. The molecule has 0 spiro atoms. The van der Waals surface area contributed by atoms with Gasteiger partial charge < -0.3 is 9.51 Å². The summed E-state index contributed by atoms with van der Waals surface area (Å²) in [7, 11) is 0. The molecule has 0 aliphatic heterocycles. The number of nitrogens with zero attached hydrogens (tertiary/aromatic N) is 2. The average Bonchev–Trinajstić information content (AvgIpc) is 2.59. The maximum atomic E-state index is 10.9. The molecule has 78 valence electrons. The number of carbonyl (C=O) groups is 1. The number of hydrogen-bond donors (Lipinski definition) is 1. The Bertz CT molecular complexity index is 507. The predicted octanol–water partition coefficient (Wildman–Crippen LogP) is 1.90. The lowest BCUT2D eigenvalue weighted by Gasteiger charge is -1.97. The highest BCUT2D eigenvalue weighted by Crippen LogP contribution is 2.16. The Balaban J connectivity index is 2.67.